The minimum atomic E-state index is -0.668. The maximum absolute atomic E-state index is 13.7. The molecule has 2 aromatic heterocycles. The number of nitrogens with one attached hydrogen (secondary N) is 1. The first-order chi connectivity index (χ1) is 17.8. The summed E-state index contributed by atoms with van der Waals surface area (Å²) in [7, 11) is 0. The smallest absolute Gasteiger partial charge is 0.253 e. The van der Waals surface area contributed by atoms with E-state index in [9.17, 15) is 4.79 Å². The standard InChI is InChI=1S/C28H24Cl2N6O/c1-17-3-10-25-24(13-17)32-26-11-12-28(15-35(25)26,19-4-6-20(29)7-5-19)33-27(37)22-9-8-21(14-23(22)30)36-16-31-18(2)34-36/h3-10,13-14,16H,11-12,15H2,1-2H3,(H,33,37)/t28-/m1/s1. The van der Waals surface area contributed by atoms with Crippen LogP contribution in [0.25, 0.3) is 16.7 Å². The minimum Gasteiger partial charge on any atom is -0.341 e. The molecule has 0 saturated heterocycles. The molecule has 1 atom stereocenters. The first-order valence-corrected chi connectivity index (χ1v) is 12.8. The quantitative estimate of drug-likeness (QED) is 0.318. The third-order valence-electron chi connectivity index (χ3n) is 7.00. The van der Waals surface area contributed by atoms with Gasteiger partial charge in [-0.15, -0.1) is 0 Å². The number of hydrogen-bond acceptors (Lipinski definition) is 4. The number of imidazole rings is 1. The van der Waals surface area contributed by atoms with Gasteiger partial charge in [-0.3, -0.25) is 4.79 Å². The molecule has 5 aromatic rings. The van der Waals surface area contributed by atoms with Crippen LogP contribution < -0.4 is 5.32 Å². The summed E-state index contributed by atoms with van der Waals surface area (Å²) in [5.41, 5.74) is 4.63. The van der Waals surface area contributed by atoms with Crippen molar-refractivity contribution in [3.05, 3.63) is 105 Å². The molecule has 0 unspecified atom stereocenters. The average Bonchev–Trinajstić information content (AvgIpc) is 3.46. The van der Waals surface area contributed by atoms with E-state index in [4.69, 9.17) is 28.2 Å². The van der Waals surface area contributed by atoms with Crippen molar-refractivity contribution in [3.63, 3.8) is 0 Å². The van der Waals surface area contributed by atoms with E-state index in [1.54, 1.807) is 23.1 Å². The van der Waals surface area contributed by atoms with Gasteiger partial charge in [-0.05, 0) is 73.9 Å². The molecule has 1 aliphatic heterocycles. The molecular formula is C28H24Cl2N6O. The number of carbonyl (C=O) groups is 1. The van der Waals surface area contributed by atoms with Crippen LogP contribution in [0.3, 0.4) is 0 Å². The summed E-state index contributed by atoms with van der Waals surface area (Å²) in [6.45, 7) is 4.43. The topological polar surface area (TPSA) is 77.6 Å². The fourth-order valence-corrected chi connectivity index (χ4v) is 5.48. The Balaban J connectivity index is 1.38. The molecule has 0 saturated carbocycles. The van der Waals surface area contributed by atoms with Gasteiger partial charge in [-0.1, -0.05) is 41.4 Å². The van der Waals surface area contributed by atoms with Crippen LogP contribution in [0.5, 0.6) is 0 Å². The van der Waals surface area contributed by atoms with Crippen molar-refractivity contribution < 1.29 is 4.79 Å². The van der Waals surface area contributed by atoms with Crippen molar-refractivity contribution >= 4 is 40.1 Å². The molecule has 1 amide bonds. The van der Waals surface area contributed by atoms with E-state index in [2.05, 4.69) is 45.1 Å². The summed E-state index contributed by atoms with van der Waals surface area (Å²) >= 11 is 12.8. The number of halogens is 2. The number of aryl methyl sites for hydroxylation is 3. The number of carbonyl (C=O) groups excluding carboxylic acids is 1. The predicted molar refractivity (Wildman–Crippen MR) is 144 cm³/mol. The van der Waals surface area contributed by atoms with Crippen molar-refractivity contribution in [3.8, 4) is 5.69 Å². The highest BCUT2D eigenvalue weighted by Crippen LogP contribution is 2.37. The van der Waals surface area contributed by atoms with Crippen LogP contribution in [0.1, 0.15) is 39.6 Å². The number of fused-ring (bicyclic) bond motifs is 3. The van der Waals surface area contributed by atoms with Gasteiger partial charge in [0.05, 0.1) is 39.4 Å². The molecule has 0 fully saturated rings. The number of hydrogen-bond donors (Lipinski definition) is 1. The maximum Gasteiger partial charge on any atom is 0.253 e. The molecule has 0 radical (unpaired) electrons. The highest BCUT2D eigenvalue weighted by atomic mass is 35.5. The summed E-state index contributed by atoms with van der Waals surface area (Å²) in [6, 6.07) is 19.2. The van der Waals surface area contributed by atoms with Crippen molar-refractivity contribution in [1.82, 2.24) is 29.6 Å². The molecule has 3 heterocycles. The van der Waals surface area contributed by atoms with Crippen molar-refractivity contribution in [2.45, 2.75) is 38.8 Å². The SMILES string of the molecule is Cc1ccc2c(c1)nc1n2C[C@@](NC(=O)c2ccc(-n3cnc(C)n3)cc2Cl)(c2ccc(Cl)cc2)CC1. The molecule has 37 heavy (non-hydrogen) atoms. The van der Waals surface area contributed by atoms with E-state index in [-0.39, 0.29) is 5.91 Å². The molecular weight excluding hydrogens is 507 g/mol. The molecule has 0 aliphatic carbocycles. The minimum absolute atomic E-state index is 0.245. The molecule has 7 nitrogen and oxygen atoms in total. The van der Waals surface area contributed by atoms with Crippen LogP contribution in [-0.4, -0.2) is 30.2 Å². The Labute approximate surface area is 224 Å². The van der Waals surface area contributed by atoms with Crippen LogP contribution in [0.15, 0.2) is 67.0 Å². The Morgan fingerprint density at radius 1 is 1.03 bits per heavy atom. The lowest BCUT2D eigenvalue weighted by atomic mass is 9.82. The fraction of sp³-hybridized carbons (Fsp3) is 0.214. The van der Waals surface area contributed by atoms with E-state index >= 15 is 0 Å². The van der Waals surface area contributed by atoms with Gasteiger partial charge in [0, 0.05) is 11.4 Å². The summed E-state index contributed by atoms with van der Waals surface area (Å²) in [5, 5.41) is 8.65. The lowest BCUT2D eigenvalue weighted by Gasteiger charge is -2.39. The first kappa shape index (κ1) is 23.7. The van der Waals surface area contributed by atoms with Crippen LogP contribution in [0, 0.1) is 13.8 Å². The molecule has 1 aliphatic rings. The Bertz CT molecular complexity index is 1660. The Morgan fingerprint density at radius 3 is 2.57 bits per heavy atom. The maximum atomic E-state index is 13.7. The van der Waals surface area contributed by atoms with E-state index in [0.717, 1.165) is 34.5 Å². The average molecular weight is 531 g/mol. The van der Waals surface area contributed by atoms with Gasteiger partial charge in [-0.2, -0.15) is 5.10 Å². The Kier molecular flexibility index (Phi) is 5.77. The second kappa shape index (κ2) is 9.01. The van der Waals surface area contributed by atoms with Crippen LogP contribution in [0.2, 0.25) is 10.0 Å². The highest BCUT2D eigenvalue weighted by molar-refractivity contribution is 6.34. The summed E-state index contributed by atoms with van der Waals surface area (Å²) < 4.78 is 3.84. The Morgan fingerprint density at radius 2 is 1.84 bits per heavy atom. The van der Waals surface area contributed by atoms with Crippen LogP contribution in [-0.2, 0) is 18.5 Å². The molecule has 186 valence electrons. The third kappa shape index (κ3) is 4.28. The van der Waals surface area contributed by atoms with Gasteiger partial charge < -0.3 is 9.88 Å². The zero-order valence-corrected chi connectivity index (χ0v) is 21.9. The largest absolute Gasteiger partial charge is 0.341 e. The van der Waals surface area contributed by atoms with E-state index in [0.29, 0.717) is 34.4 Å². The van der Waals surface area contributed by atoms with Gasteiger partial charge in [0.1, 0.15) is 18.0 Å². The second-order valence-corrected chi connectivity index (χ2v) is 10.4. The molecule has 1 N–H and O–H groups in total. The van der Waals surface area contributed by atoms with Crippen LogP contribution in [0.4, 0.5) is 0 Å². The summed E-state index contributed by atoms with van der Waals surface area (Å²) in [5.74, 6) is 1.43. The third-order valence-corrected chi connectivity index (χ3v) is 7.57. The number of benzene rings is 3. The predicted octanol–water partition coefficient (Wildman–Crippen LogP) is 5.81. The second-order valence-electron chi connectivity index (χ2n) is 9.55. The normalized spacial score (nSPS) is 17.1. The van der Waals surface area contributed by atoms with Gasteiger partial charge in [0.15, 0.2) is 0 Å². The Hall–Kier alpha value is -3.68. The van der Waals surface area contributed by atoms with Gasteiger partial charge >= 0.3 is 0 Å². The van der Waals surface area contributed by atoms with Gasteiger partial charge in [0.25, 0.3) is 5.91 Å². The van der Waals surface area contributed by atoms with E-state index in [1.165, 1.54) is 5.56 Å². The molecule has 3 aromatic carbocycles. The lowest BCUT2D eigenvalue weighted by molar-refractivity contribution is 0.0867. The van der Waals surface area contributed by atoms with Crippen molar-refractivity contribution in [2.24, 2.45) is 0 Å². The van der Waals surface area contributed by atoms with E-state index in [1.807, 2.05) is 37.3 Å². The van der Waals surface area contributed by atoms with Crippen molar-refractivity contribution in [2.75, 3.05) is 0 Å². The van der Waals surface area contributed by atoms with Crippen LogP contribution >= 0.6 is 23.2 Å². The van der Waals surface area contributed by atoms with Gasteiger partial charge in [-0.25, -0.2) is 14.6 Å². The summed E-state index contributed by atoms with van der Waals surface area (Å²) in [6.07, 6.45) is 3.03. The van der Waals surface area contributed by atoms with E-state index < -0.39 is 5.54 Å². The van der Waals surface area contributed by atoms with Crippen molar-refractivity contribution in [1.29, 1.82) is 0 Å². The number of aromatic nitrogens is 5. The molecule has 0 spiro atoms. The molecule has 9 heteroatoms. The summed E-state index contributed by atoms with van der Waals surface area (Å²) in [4.78, 5) is 22.7. The molecule has 0 bridgehead atoms. The fourth-order valence-electron chi connectivity index (χ4n) is 5.10. The highest BCUT2D eigenvalue weighted by Gasteiger charge is 2.39. The first-order valence-electron chi connectivity index (χ1n) is 12.0. The number of nitrogens with zero attached hydrogens (tertiary/aromatic N) is 5. The monoisotopic (exact) mass is 530 g/mol. The molecule has 6 rings (SSSR count). The number of rotatable bonds is 4. The zero-order valence-electron chi connectivity index (χ0n) is 20.4. The van der Waals surface area contributed by atoms with Gasteiger partial charge in [0.2, 0.25) is 0 Å². The zero-order chi connectivity index (χ0) is 25.7. The number of amides is 1. The lowest BCUT2D eigenvalue weighted by Crippen LogP contribution is -2.51.